The number of piperazine rings is 1. The van der Waals surface area contributed by atoms with Crippen LogP contribution in [-0.4, -0.2) is 55.0 Å². The first-order valence-electron chi connectivity index (χ1n) is 10.8. The van der Waals surface area contributed by atoms with Crippen LogP contribution in [0.4, 0.5) is 21.5 Å². The first-order valence-corrected chi connectivity index (χ1v) is 10.8. The van der Waals surface area contributed by atoms with Crippen molar-refractivity contribution in [3.8, 4) is 0 Å². The molecule has 0 bridgehead atoms. The van der Waals surface area contributed by atoms with Crippen LogP contribution in [0.25, 0.3) is 0 Å². The summed E-state index contributed by atoms with van der Waals surface area (Å²) in [6, 6.07) is 11.8. The van der Waals surface area contributed by atoms with Gasteiger partial charge in [-0.1, -0.05) is 25.1 Å². The highest BCUT2D eigenvalue weighted by atomic mass is 19.1. The monoisotopic (exact) mass is 426 g/mol. The molecule has 31 heavy (non-hydrogen) atoms. The molecule has 164 valence electrons. The SMILES string of the molecule is CC1CCN(c2cc(N3CCN(C(=O)c4ccccc4)CC3)c([N+](=O)[O-])cc2F)CC1. The van der Waals surface area contributed by atoms with Crippen molar-refractivity contribution in [2.45, 2.75) is 19.8 Å². The van der Waals surface area contributed by atoms with Crippen molar-refractivity contribution in [1.29, 1.82) is 0 Å². The Hall–Kier alpha value is -3.16. The van der Waals surface area contributed by atoms with E-state index in [1.807, 2.05) is 28.0 Å². The molecule has 0 saturated carbocycles. The number of halogens is 1. The van der Waals surface area contributed by atoms with Crippen LogP contribution in [-0.2, 0) is 0 Å². The Morgan fingerprint density at radius 2 is 1.58 bits per heavy atom. The molecule has 2 fully saturated rings. The molecule has 7 nitrogen and oxygen atoms in total. The molecule has 0 spiro atoms. The predicted molar refractivity (Wildman–Crippen MR) is 118 cm³/mol. The molecule has 0 unspecified atom stereocenters. The van der Waals surface area contributed by atoms with Crippen LogP contribution in [0.2, 0.25) is 0 Å². The first kappa shape index (κ1) is 21.1. The molecule has 8 heteroatoms. The lowest BCUT2D eigenvalue weighted by Crippen LogP contribution is -2.49. The smallest absolute Gasteiger partial charge is 0.295 e. The Kier molecular flexibility index (Phi) is 6.06. The molecule has 0 atom stereocenters. The minimum absolute atomic E-state index is 0.0445. The summed E-state index contributed by atoms with van der Waals surface area (Å²) in [4.78, 5) is 29.4. The van der Waals surface area contributed by atoms with Gasteiger partial charge < -0.3 is 14.7 Å². The van der Waals surface area contributed by atoms with E-state index in [0.717, 1.165) is 32.0 Å². The molecule has 2 aliphatic rings. The van der Waals surface area contributed by atoms with Gasteiger partial charge in [0, 0.05) is 44.8 Å². The Morgan fingerprint density at radius 3 is 2.19 bits per heavy atom. The van der Waals surface area contributed by atoms with E-state index in [-0.39, 0.29) is 11.6 Å². The standard InChI is InChI=1S/C23H27FN4O3/c1-17-7-9-25(10-8-17)20-16-21(22(28(30)31)15-19(20)24)26-11-13-27(14-12-26)23(29)18-5-3-2-4-6-18/h2-6,15-17H,7-14H2,1H3. The van der Waals surface area contributed by atoms with Crippen molar-refractivity contribution in [3.63, 3.8) is 0 Å². The van der Waals surface area contributed by atoms with Crippen molar-refractivity contribution in [2.24, 2.45) is 5.92 Å². The highest BCUT2D eigenvalue weighted by Gasteiger charge is 2.29. The summed E-state index contributed by atoms with van der Waals surface area (Å²) in [5, 5.41) is 11.6. The maximum atomic E-state index is 14.8. The summed E-state index contributed by atoms with van der Waals surface area (Å²) < 4.78 is 14.8. The van der Waals surface area contributed by atoms with E-state index in [1.54, 1.807) is 23.1 Å². The Labute approximate surface area is 181 Å². The fourth-order valence-corrected chi connectivity index (χ4v) is 4.35. The van der Waals surface area contributed by atoms with Gasteiger partial charge in [0.25, 0.3) is 11.6 Å². The largest absolute Gasteiger partial charge is 0.369 e. The van der Waals surface area contributed by atoms with Gasteiger partial charge in [0.2, 0.25) is 0 Å². The molecule has 2 saturated heterocycles. The van der Waals surface area contributed by atoms with Crippen LogP contribution >= 0.6 is 0 Å². The molecule has 0 radical (unpaired) electrons. The number of carbonyl (C=O) groups excluding carboxylic acids is 1. The van der Waals surface area contributed by atoms with Gasteiger partial charge in [-0.2, -0.15) is 0 Å². The number of hydrogen-bond donors (Lipinski definition) is 0. The number of amides is 1. The fourth-order valence-electron chi connectivity index (χ4n) is 4.35. The number of benzene rings is 2. The van der Waals surface area contributed by atoms with Crippen molar-refractivity contribution >= 4 is 23.0 Å². The van der Waals surface area contributed by atoms with E-state index in [4.69, 9.17) is 0 Å². The minimum atomic E-state index is -0.553. The summed E-state index contributed by atoms with van der Waals surface area (Å²) in [6.07, 6.45) is 1.96. The summed E-state index contributed by atoms with van der Waals surface area (Å²) in [5.74, 6) is 0.00642. The van der Waals surface area contributed by atoms with Crippen molar-refractivity contribution in [2.75, 3.05) is 49.1 Å². The fraction of sp³-hybridized carbons (Fsp3) is 0.435. The second kappa shape index (κ2) is 8.91. The van der Waals surface area contributed by atoms with Crippen molar-refractivity contribution < 1.29 is 14.1 Å². The predicted octanol–water partition coefficient (Wildman–Crippen LogP) is 3.93. The quantitative estimate of drug-likeness (QED) is 0.547. The number of piperidine rings is 1. The maximum absolute atomic E-state index is 14.8. The lowest BCUT2D eigenvalue weighted by Gasteiger charge is -2.37. The van der Waals surface area contributed by atoms with E-state index >= 15 is 0 Å². The molecule has 2 aromatic rings. The highest BCUT2D eigenvalue weighted by Crippen LogP contribution is 2.37. The van der Waals surface area contributed by atoms with Crippen LogP contribution in [0.5, 0.6) is 0 Å². The van der Waals surface area contributed by atoms with E-state index < -0.39 is 10.7 Å². The van der Waals surface area contributed by atoms with Crippen molar-refractivity contribution in [1.82, 2.24) is 4.90 Å². The number of nitro benzene ring substituents is 1. The summed E-state index contributed by atoms with van der Waals surface area (Å²) in [5.41, 5.74) is 1.25. The second-order valence-corrected chi connectivity index (χ2v) is 8.36. The zero-order chi connectivity index (χ0) is 22.0. The van der Waals surface area contributed by atoms with E-state index in [9.17, 15) is 19.3 Å². The summed E-state index contributed by atoms with van der Waals surface area (Å²) >= 11 is 0. The van der Waals surface area contributed by atoms with E-state index in [0.29, 0.717) is 49.0 Å². The molecule has 1 amide bonds. The third kappa shape index (κ3) is 4.47. The molecule has 2 aliphatic heterocycles. The number of anilines is 2. The van der Waals surface area contributed by atoms with Crippen LogP contribution in [0, 0.1) is 21.8 Å². The van der Waals surface area contributed by atoms with Gasteiger partial charge in [-0.25, -0.2) is 4.39 Å². The van der Waals surface area contributed by atoms with Gasteiger partial charge in [-0.05, 0) is 37.0 Å². The zero-order valence-corrected chi connectivity index (χ0v) is 17.7. The number of hydrogen-bond acceptors (Lipinski definition) is 5. The van der Waals surface area contributed by atoms with Crippen LogP contribution in [0.15, 0.2) is 42.5 Å². The minimum Gasteiger partial charge on any atom is -0.369 e. The van der Waals surface area contributed by atoms with Gasteiger partial charge in [-0.15, -0.1) is 0 Å². The van der Waals surface area contributed by atoms with Crippen LogP contribution < -0.4 is 9.80 Å². The third-order valence-corrected chi connectivity index (χ3v) is 6.29. The number of nitro groups is 1. The molecule has 0 N–H and O–H groups in total. The number of rotatable bonds is 4. The summed E-state index contributed by atoms with van der Waals surface area (Å²) in [6.45, 7) is 5.51. The maximum Gasteiger partial charge on any atom is 0.295 e. The Morgan fingerprint density at radius 1 is 0.968 bits per heavy atom. The van der Waals surface area contributed by atoms with Crippen molar-refractivity contribution in [3.05, 3.63) is 64.0 Å². The Balaban J connectivity index is 1.54. The normalized spacial score (nSPS) is 17.7. The molecule has 2 heterocycles. The topological polar surface area (TPSA) is 69.9 Å². The average Bonchev–Trinajstić information content (AvgIpc) is 2.80. The Bertz CT molecular complexity index is 953. The number of nitrogens with zero attached hydrogens (tertiary/aromatic N) is 4. The molecule has 0 aromatic heterocycles. The average molecular weight is 426 g/mol. The molecular formula is C23H27FN4O3. The van der Waals surface area contributed by atoms with Gasteiger partial charge in [0.1, 0.15) is 5.69 Å². The van der Waals surface area contributed by atoms with Crippen LogP contribution in [0.1, 0.15) is 30.1 Å². The first-order chi connectivity index (χ1) is 14.9. The molecule has 2 aromatic carbocycles. The lowest BCUT2D eigenvalue weighted by atomic mass is 9.98. The summed E-state index contributed by atoms with van der Waals surface area (Å²) in [7, 11) is 0. The molecule has 4 rings (SSSR count). The van der Waals surface area contributed by atoms with Crippen LogP contribution in [0.3, 0.4) is 0 Å². The lowest BCUT2D eigenvalue weighted by molar-refractivity contribution is -0.384. The molecule has 0 aliphatic carbocycles. The number of carbonyl (C=O) groups is 1. The van der Waals surface area contributed by atoms with Gasteiger partial charge in [-0.3, -0.25) is 14.9 Å². The van der Waals surface area contributed by atoms with Gasteiger partial charge >= 0.3 is 0 Å². The van der Waals surface area contributed by atoms with E-state index in [1.165, 1.54) is 0 Å². The highest BCUT2D eigenvalue weighted by molar-refractivity contribution is 5.94. The van der Waals surface area contributed by atoms with Gasteiger partial charge in [0.05, 0.1) is 16.7 Å². The van der Waals surface area contributed by atoms with E-state index in [2.05, 4.69) is 6.92 Å². The zero-order valence-electron chi connectivity index (χ0n) is 17.7. The third-order valence-electron chi connectivity index (χ3n) is 6.29. The molecular weight excluding hydrogens is 399 g/mol. The second-order valence-electron chi connectivity index (χ2n) is 8.36. The van der Waals surface area contributed by atoms with Gasteiger partial charge in [0.15, 0.2) is 5.82 Å².